The van der Waals surface area contributed by atoms with E-state index in [0.29, 0.717) is 11.6 Å². The van der Waals surface area contributed by atoms with Gasteiger partial charge >= 0.3 is 6.03 Å². The van der Waals surface area contributed by atoms with Crippen molar-refractivity contribution in [3.05, 3.63) is 90.3 Å². The number of rotatable bonds is 16. The van der Waals surface area contributed by atoms with E-state index in [-0.39, 0.29) is 43.4 Å². The van der Waals surface area contributed by atoms with Gasteiger partial charge in [0.25, 0.3) is 5.91 Å². The highest BCUT2D eigenvalue weighted by Gasteiger charge is 2.45. The number of imide groups is 1. The molecule has 0 unspecified atom stereocenters. The SMILES string of the molecule is COc1ccc(S(=O)(=O)N(CC(C)C)C[C@H](O)[C@H](Cc2ccccc2)NC(=O)[C@H](C(C)C)N2CC(=O)N(Cc3nc4ccccc4n3C)C2=O)cc1. The van der Waals surface area contributed by atoms with Crippen LogP contribution in [0.3, 0.4) is 0 Å². The Hall–Kier alpha value is -4.79. The summed E-state index contributed by atoms with van der Waals surface area (Å²) in [7, 11) is -0.736. The predicted octanol–water partition coefficient (Wildman–Crippen LogP) is 3.81. The lowest BCUT2D eigenvalue weighted by molar-refractivity contribution is -0.129. The third-order valence-electron chi connectivity index (χ3n) is 9.25. The highest BCUT2D eigenvalue weighted by molar-refractivity contribution is 7.89. The van der Waals surface area contributed by atoms with E-state index in [2.05, 4.69) is 10.3 Å². The number of methoxy groups -OCH3 is 1. The zero-order valence-corrected chi connectivity index (χ0v) is 31.3. The second-order valence-corrected chi connectivity index (χ2v) is 15.9. The maximum atomic E-state index is 14.2. The largest absolute Gasteiger partial charge is 0.497 e. The number of benzene rings is 3. The number of carbonyl (C=O) groups excluding carboxylic acids is 3. The van der Waals surface area contributed by atoms with Crippen LogP contribution in [0.25, 0.3) is 11.0 Å². The van der Waals surface area contributed by atoms with Crippen LogP contribution in [0.4, 0.5) is 4.79 Å². The van der Waals surface area contributed by atoms with E-state index in [9.17, 15) is 27.9 Å². The average molecular weight is 733 g/mol. The minimum atomic E-state index is -4.05. The first kappa shape index (κ1) is 38.4. The molecule has 5 rings (SSSR count). The molecule has 0 saturated carbocycles. The predicted molar refractivity (Wildman–Crippen MR) is 197 cm³/mol. The Bertz CT molecular complexity index is 1980. The van der Waals surface area contributed by atoms with E-state index in [4.69, 9.17) is 4.74 Å². The lowest BCUT2D eigenvalue weighted by Gasteiger charge is -2.34. The van der Waals surface area contributed by atoms with Gasteiger partial charge in [-0.15, -0.1) is 0 Å². The summed E-state index contributed by atoms with van der Waals surface area (Å²) in [5, 5.41) is 14.7. The smallest absolute Gasteiger partial charge is 0.328 e. The number of urea groups is 1. The van der Waals surface area contributed by atoms with Gasteiger partial charge in [-0.25, -0.2) is 18.2 Å². The molecule has 4 aromatic rings. The highest BCUT2D eigenvalue weighted by Crippen LogP contribution is 2.25. The normalized spacial score (nSPS) is 15.6. The number of imidazole rings is 1. The molecular weight excluding hydrogens is 685 g/mol. The summed E-state index contributed by atoms with van der Waals surface area (Å²) < 4.78 is 36.0. The van der Waals surface area contributed by atoms with Crippen LogP contribution in [-0.2, 0) is 39.6 Å². The van der Waals surface area contributed by atoms with Crippen LogP contribution in [0.5, 0.6) is 5.75 Å². The topological polar surface area (TPSA) is 154 Å². The van der Waals surface area contributed by atoms with Crippen LogP contribution < -0.4 is 10.1 Å². The monoisotopic (exact) mass is 732 g/mol. The molecule has 2 heterocycles. The molecule has 13 nitrogen and oxygen atoms in total. The van der Waals surface area contributed by atoms with Crippen molar-refractivity contribution in [3.8, 4) is 5.75 Å². The fourth-order valence-corrected chi connectivity index (χ4v) is 8.17. The maximum Gasteiger partial charge on any atom is 0.328 e. The van der Waals surface area contributed by atoms with Crippen LogP contribution in [0.1, 0.15) is 39.1 Å². The molecule has 3 aromatic carbocycles. The summed E-state index contributed by atoms with van der Waals surface area (Å²) in [4.78, 5) is 48.3. The van der Waals surface area contributed by atoms with Crippen molar-refractivity contribution in [1.82, 2.24) is 29.0 Å². The first-order valence-electron chi connectivity index (χ1n) is 17.4. The molecule has 1 fully saturated rings. The molecule has 1 aliphatic rings. The Labute approximate surface area is 305 Å². The number of hydrogen-bond acceptors (Lipinski definition) is 8. The first-order chi connectivity index (χ1) is 24.7. The molecule has 1 saturated heterocycles. The molecule has 1 aromatic heterocycles. The Morgan fingerprint density at radius 2 is 1.62 bits per heavy atom. The second kappa shape index (κ2) is 16.3. The highest BCUT2D eigenvalue weighted by atomic mass is 32.2. The van der Waals surface area contributed by atoms with E-state index in [1.165, 1.54) is 28.4 Å². The van der Waals surface area contributed by atoms with Gasteiger partial charge in [0.15, 0.2) is 0 Å². The summed E-state index contributed by atoms with van der Waals surface area (Å²) >= 11 is 0. The van der Waals surface area contributed by atoms with Crippen molar-refractivity contribution in [1.29, 1.82) is 0 Å². The van der Waals surface area contributed by atoms with Gasteiger partial charge in [0.2, 0.25) is 15.9 Å². The summed E-state index contributed by atoms with van der Waals surface area (Å²) in [5.74, 6) is -0.463. The Balaban J connectivity index is 1.38. The van der Waals surface area contributed by atoms with Crippen LogP contribution in [0.15, 0.2) is 83.8 Å². The van der Waals surface area contributed by atoms with Gasteiger partial charge < -0.3 is 24.6 Å². The Morgan fingerprint density at radius 3 is 2.23 bits per heavy atom. The van der Waals surface area contributed by atoms with Crippen molar-refractivity contribution >= 4 is 38.9 Å². The van der Waals surface area contributed by atoms with E-state index < -0.39 is 52.0 Å². The van der Waals surface area contributed by atoms with E-state index in [0.717, 1.165) is 21.5 Å². The molecule has 3 atom stereocenters. The number of carbonyl (C=O) groups is 3. The molecule has 278 valence electrons. The minimum Gasteiger partial charge on any atom is -0.497 e. The number of nitrogens with zero attached hydrogens (tertiary/aromatic N) is 5. The van der Waals surface area contributed by atoms with Crippen molar-refractivity contribution in [2.24, 2.45) is 18.9 Å². The molecule has 2 N–H and O–H groups in total. The van der Waals surface area contributed by atoms with Gasteiger partial charge in [-0.1, -0.05) is 70.2 Å². The number of aromatic nitrogens is 2. The molecule has 0 bridgehead atoms. The van der Waals surface area contributed by atoms with Crippen LogP contribution in [-0.4, -0.2) is 100.0 Å². The molecule has 52 heavy (non-hydrogen) atoms. The van der Waals surface area contributed by atoms with Gasteiger partial charge in [0.1, 0.15) is 24.2 Å². The zero-order chi connectivity index (χ0) is 37.7. The van der Waals surface area contributed by atoms with Crippen LogP contribution >= 0.6 is 0 Å². The second-order valence-electron chi connectivity index (χ2n) is 13.9. The molecule has 0 spiro atoms. The number of aliphatic hydroxyl groups is 1. The van der Waals surface area contributed by atoms with Crippen molar-refractivity contribution in [3.63, 3.8) is 0 Å². The number of nitrogens with one attached hydrogen (secondary N) is 1. The number of fused-ring (bicyclic) bond motifs is 1. The lowest BCUT2D eigenvalue weighted by atomic mass is 9.97. The number of aryl methyl sites for hydroxylation is 1. The third-order valence-corrected chi connectivity index (χ3v) is 11.1. The third kappa shape index (κ3) is 8.46. The lowest BCUT2D eigenvalue weighted by Crippen LogP contribution is -2.57. The average Bonchev–Trinajstić information content (AvgIpc) is 3.57. The number of amides is 4. The van der Waals surface area contributed by atoms with Gasteiger partial charge in [0.05, 0.1) is 41.7 Å². The van der Waals surface area contributed by atoms with Crippen molar-refractivity contribution in [2.45, 2.75) is 63.7 Å². The van der Waals surface area contributed by atoms with Crippen molar-refractivity contribution < 1.29 is 32.6 Å². The molecule has 0 radical (unpaired) electrons. The van der Waals surface area contributed by atoms with E-state index >= 15 is 0 Å². The fraction of sp³-hybridized carbons (Fsp3) is 0.421. The van der Waals surface area contributed by atoms with Gasteiger partial charge in [-0.2, -0.15) is 4.31 Å². The summed E-state index contributed by atoms with van der Waals surface area (Å²) in [5.41, 5.74) is 2.41. The standard InChI is InChI=1S/C38H48N6O7S/c1-25(2)21-42(52(49,50)29-18-16-28(51-6)17-19-29)22-33(45)31(20-27-12-8-7-9-13-27)40-37(47)36(26(3)4)44-24-35(46)43(38(44)48)23-34-39-30-14-10-11-15-32(30)41(34)5/h7-19,25-26,31,33,36,45H,20-24H2,1-6H3,(H,40,47)/t31-,33-,36-/m0/s1. The summed E-state index contributed by atoms with van der Waals surface area (Å²) in [6, 6.07) is 20.2. The quantitative estimate of drug-likeness (QED) is 0.165. The van der Waals surface area contributed by atoms with Gasteiger partial charge in [-0.3, -0.25) is 14.5 Å². The Kier molecular flexibility index (Phi) is 12.0. The van der Waals surface area contributed by atoms with Gasteiger partial charge in [-0.05, 0) is 60.2 Å². The molecular formula is C38H48N6O7S. The van der Waals surface area contributed by atoms with E-state index in [1.54, 1.807) is 26.0 Å². The molecule has 0 aliphatic carbocycles. The zero-order valence-electron chi connectivity index (χ0n) is 30.5. The number of sulfonamides is 1. The van der Waals surface area contributed by atoms with Crippen LogP contribution in [0.2, 0.25) is 0 Å². The number of aliphatic hydroxyl groups excluding tert-OH is 1. The summed E-state index contributed by atoms with van der Waals surface area (Å²) in [6.07, 6.45) is -1.16. The van der Waals surface area contributed by atoms with E-state index in [1.807, 2.05) is 80.1 Å². The molecule has 4 amide bonds. The first-order valence-corrected chi connectivity index (χ1v) is 18.8. The Morgan fingerprint density at radius 1 is 0.962 bits per heavy atom. The minimum absolute atomic E-state index is 0.0464. The maximum absolute atomic E-state index is 14.2. The molecule has 1 aliphatic heterocycles. The van der Waals surface area contributed by atoms with Crippen LogP contribution in [0, 0.1) is 11.8 Å². The number of ether oxygens (including phenoxy) is 1. The van der Waals surface area contributed by atoms with Gasteiger partial charge in [0, 0.05) is 20.1 Å². The fourth-order valence-electron chi connectivity index (χ4n) is 6.55. The number of hydrogen-bond donors (Lipinski definition) is 2. The molecule has 14 heteroatoms. The number of para-hydroxylation sites is 2. The summed E-state index contributed by atoms with van der Waals surface area (Å²) in [6.45, 7) is 6.79. The van der Waals surface area contributed by atoms with Crippen molar-refractivity contribution in [2.75, 3.05) is 26.7 Å².